The lowest BCUT2D eigenvalue weighted by Gasteiger charge is -2.14. The fourth-order valence-corrected chi connectivity index (χ4v) is 6.65. The van der Waals surface area contributed by atoms with E-state index in [0.29, 0.717) is 17.6 Å². The van der Waals surface area contributed by atoms with E-state index in [-0.39, 0.29) is 5.97 Å². The lowest BCUT2D eigenvalue weighted by Crippen LogP contribution is -2.31. The highest BCUT2D eigenvalue weighted by atomic mass is 31.1. The van der Waals surface area contributed by atoms with Crippen molar-refractivity contribution in [3.05, 3.63) is 109 Å². The smallest absolute Gasteiger partial charge is 0.324 e. The summed E-state index contributed by atoms with van der Waals surface area (Å²) in [6.45, 7) is 0. The minimum absolute atomic E-state index is 0.378. The second kappa shape index (κ2) is 9.66. The van der Waals surface area contributed by atoms with Crippen molar-refractivity contribution in [1.82, 2.24) is 4.98 Å². The standard InChI is InChI=1S/C32H25N2O4P/c1-36-32(35)27(18-22-19-33-26-13-7-6-10-23(22)26)34-39-37-28-16-14-20-8-2-4-11-24(20)30(28)31-25-12-5-3-9-21(25)15-17-29(31)38-39/h2-17,19,27,33-34H,18H2,1H3/t27-/m0/s1. The van der Waals surface area contributed by atoms with Crippen molar-refractivity contribution in [3.8, 4) is 0 Å². The maximum atomic E-state index is 13.0. The van der Waals surface area contributed by atoms with Gasteiger partial charge in [0.05, 0.1) is 7.11 Å². The number of rotatable bonds is 5. The molecule has 7 heteroatoms. The number of carbonyl (C=O) groups is 1. The Morgan fingerprint density at radius 3 is 1.97 bits per heavy atom. The minimum Gasteiger partial charge on any atom is -0.468 e. The largest absolute Gasteiger partial charge is 0.468 e. The van der Waals surface area contributed by atoms with Crippen LogP contribution in [0.4, 0.5) is 0 Å². The zero-order valence-corrected chi connectivity index (χ0v) is 22.1. The number of fused-ring (bicyclic) bond motifs is 8. The molecule has 0 amide bonds. The van der Waals surface area contributed by atoms with Gasteiger partial charge in [-0.05, 0) is 45.3 Å². The summed E-state index contributed by atoms with van der Waals surface area (Å²) in [6, 6.07) is 32.0. The Kier molecular flexibility index (Phi) is 5.85. The van der Waals surface area contributed by atoms with Crippen LogP contribution >= 0.6 is 8.16 Å². The van der Waals surface area contributed by atoms with Crippen LogP contribution in [0.15, 0.2) is 112 Å². The first-order chi connectivity index (χ1) is 19.2. The Labute approximate surface area is 224 Å². The van der Waals surface area contributed by atoms with Crippen molar-refractivity contribution in [1.29, 1.82) is 0 Å². The second-order valence-electron chi connectivity index (χ2n) is 9.53. The van der Waals surface area contributed by atoms with Crippen LogP contribution in [0.1, 0.15) is 5.56 Å². The molecule has 0 aliphatic rings. The molecule has 39 heavy (non-hydrogen) atoms. The van der Waals surface area contributed by atoms with Crippen LogP contribution in [-0.2, 0) is 16.0 Å². The highest BCUT2D eigenvalue weighted by molar-refractivity contribution is 7.38. The molecule has 1 atom stereocenters. The zero-order valence-electron chi connectivity index (χ0n) is 21.2. The molecular formula is C32H25N2O4P. The molecular weight excluding hydrogens is 507 g/mol. The number of aromatic nitrogens is 1. The molecule has 0 saturated carbocycles. The molecule has 2 aromatic heterocycles. The van der Waals surface area contributed by atoms with Crippen molar-refractivity contribution >= 4 is 68.5 Å². The lowest BCUT2D eigenvalue weighted by atomic mass is 9.99. The molecule has 0 saturated heterocycles. The van der Waals surface area contributed by atoms with Gasteiger partial charge < -0.3 is 18.1 Å². The zero-order chi connectivity index (χ0) is 26.3. The van der Waals surface area contributed by atoms with Gasteiger partial charge in [0.25, 0.3) is 0 Å². The van der Waals surface area contributed by atoms with Gasteiger partial charge >= 0.3 is 14.1 Å². The summed E-state index contributed by atoms with van der Waals surface area (Å²) in [7, 11) is -0.346. The molecule has 6 nitrogen and oxygen atoms in total. The lowest BCUT2D eigenvalue weighted by molar-refractivity contribution is -0.141. The molecule has 2 N–H and O–H groups in total. The molecule has 0 aliphatic carbocycles. The molecule has 5 aromatic carbocycles. The quantitative estimate of drug-likeness (QED) is 0.218. The third-order valence-corrected chi connectivity index (χ3v) is 8.49. The van der Waals surface area contributed by atoms with Gasteiger partial charge in [-0.2, -0.15) is 0 Å². The average molecular weight is 533 g/mol. The van der Waals surface area contributed by atoms with Gasteiger partial charge in [-0.1, -0.05) is 78.9 Å². The number of ether oxygens (including phenoxy) is 1. The van der Waals surface area contributed by atoms with Crippen LogP contribution in [-0.4, -0.2) is 24.1 Å². The summed E-state index contributed by atoms with van der Waals surface area (Å²) < 4.78 is 18.3. The first-order valence-electron chi connectivity index (χ1n) is 12.8. The molecule has 0 aliphatic heterocycles. The fraction of sp³-hybridized carbons (Fsp3) is 0.0938. The predicted octanol–water partition coefficient (Wildman–Crippen LogP) is 8.41. The van der Waals surface area contributed by atoms with E-state index in [9.17, 15) is 4.79 Å². The van der Waals surface area contributed by atoms with E-state index in [1.54, 1.807) is 0 Å². The molecule has 0 unspecified atom stereocenters. The number of H-pyrrole nitrogens is 1. The van der Waals surface area contributed by atoms with E-state index >= 15 is 0 Å². The number of benzene rings is 5. The minimum atomic E-state index is -1.75. The molecule has 192 valence electrons. The number of carbonyl (C=O) groups excluding carboxylic acids is 1. The SMILES string of the molecule is COC(=O)[C@H](Cc1c[nH]c2ccccc12)Np1oc2ccc3ccccc3c2c2c(ccc3ccccc32)o1. The summed E-state index contributed by atoms with van der Waals surface area (Å²) in [5.41, 5.74) is 3.44. The van der Waals surface area contributed by atoms with E-state index in [0.717, 1.165) is 48.8 Å². The van der Waals surface area contributed by atoms with Crippen molar-refractivity contribution in [2.45, 2.75) is 12.5 Å². The number of aromatic amines is 1. The topological polar surface area (TPSA) is 80.4 Å². The van der Waals surface area contributed by atoms with Crippen LogP contribution in [0.3, 0.4) is 0 Å². The Bertz CT molecular complexity index is 1960. The maximum absolute atomic E-state index is 13.0. The average Bonchev–Trinajstić information content (AvgIpc) is 3.30. The van der Waals surface area contributed by atoms with Crippen LogP contribution in [0.25, 0.3) is 54.4 Å². The number of esters is 1. The molecule has 0 spiro atoms. The summed E-state index contributed by atoms with van der Waals surface area (Å²) >= 11 is 0. The Morgan fingerprint density at radius 2 is 1.36 bits per heavy atom. The van der Waals surface area contributed by atoms with Gasteiger partial charge in [0.2, 0.25) is 0 Å². The third kappa shape index (κ3) is 4.15. The third-order valence-electron chi connectivity index (χ3n) is 7.24. The summed E-state index contributed by atoms with van der Waals surface area (Å²) in [5.74, 6) is -0.378. The van der Waals surface area contributed by atoms with Crippen LogP contribution in [0, 0.1) is 0 Å². The molecule has 7 aromatic rings. The van der Waals surface area contributed by atoms with Gasteiger partial charge in [0.1, 0.15) is 17.2 Å². The monoisotopic (exact) mass is 532 g/mol. The Hall–Kier alpha value is -4.51. The number of hydrogen-bond donors (Lipinski definition) is 2. The van der Waals surface area contributed by atoms with Gasteiger partial charge in [-0.25, -0.2) is 5.09 Å². The van der Waals surface area contributed by atoms with Gasteiger partial charge in [-0.3, -0.25) is 4.79 Å². The summed E-state index contributed by atoms with van der Waals surface area (Å²) in [5, 5.41) is 10.8. The number of nitrogens with one attached hydrogen (secondary N) is 2. The normalized spacial score (nSPS) is 12.4. The summed E-state index contributed by atoms with van der Waals surface area (Å²) in [6.07, 6.45) is 2.35. The highest BCUT2D eigenvalue weighted by Crippen LogP contribution is 2.40. The van der Waals surface area contributed by atoms with E-state index in [4.69, 9.17) is 13.1 Å². The van der Waals surface area contributed by atoms with Gasteiger partial charge in [-0.15, -0.1) is 0 Å². The van der Waals surface area contributed by atoms with Gasteiger partial charge in [0.15, 0.2) is 0 Å². The number of para-hydroxylation sites is 1. The van der Waals surface area contributed by atoms with Crippen LogP contribution in [0.5, 0.6) is 0 Å². The van der Waals surface area contributed by atoms with Crippen molar-refractivity contribution in [2.75, 3.05) is 12.2 Å². The molecule has 0 bridgehead atoms. The van der Waals surface area contributed by atoms with Crippen molar-refractivity contribution in [3.63, 3.8) is 0 Å². The van der Waals surface area contributed by atoms with E-state index < -0.39 is 14.2 Å². The van der Waals surface area contributed by atoms with E-state index in [2.05, 4.69) is 46.5 Å². The molecule has 0 fully saturated rings. The fourth-order valence-electron chi connectivity index (χ4n) is 5.39. The van der Waals surface area contributed by atoms with Crippen LogP contribution in [0.2, 0.25) is 0 Å². The van der Waals surface area contributed by atoms with Gasteiger partial charge in [0, 0.05) is 34.3 Å². The second-order valence-corrected chi connectivity index (χ2v) is 10.7. The highest BCUT2D eigenvalue weighted by Gasteiger charge is 2.24. The molecule has 7 rings (SSSR count). The molecule has 2 heterocycles. The first kappa shape index (κ1) is 23.6. The first-order valence-corrected chi connectivity index (χ1v) is 14.0. The van der Waals surface area contributed by atoms with Crippen molar-refractivity contribution in [2.24, 2.45) is 0 Å². The Morgan fingerprint density at radius 1 is 0.795 bits per heavy atom. The summed E-state index contributed by atoms with van der Waals surface area (Å²) in [4.78, 5) is 16.3. The number of methoxy groups -OCH3 is 1. The molecule has 0 radical (unpaired) electrons. The van der Waals surface area contributed by atoms with Crippen molar-refractivity contribution < 1.29 is 17.9 Å². The number of hydrogen-bond acceptors (Lipinski definition) is 5. The van der Waals surface area contributed by atoms with Crippen LogP contribution < -0.4 is 5.09 Å². The van der Waals surface area contributed by atoms with E-state index in [1.165, 1.54) is 7.11 Å². The predicted molar refractivity (Wildman–Crippen MR) is 159 cm³/mol. The maximum Gasteiger partial charge on any atom is 0.324 e. The van der Waals surface area contributed by atoms with E-state index in [1.807, 2.05) is 66.9 Å². The Balaban J connectivity index is 1.45.